The summed E-state index contributed by atoms with van der Waals surface area (Å²) in [5, 5.41) is 3.04. The highest BCUT2D eigenvalue weighted by molar-refractivity contribution is 6.32. The topological polar surface area (TPSA) is 184 Å². The molecule has 0 spiro atoms. The molecule has 0 saturated carbocycles. The number of carbonyl (C=O) groups is 6. The number of urea groups is 1. The summed E-state index contributed by atoms with van der Waals surface area (Å²) >= 11 is 0. The van der Waals surface area contributed by atoms with Gasteiger partial charge in [-0.25, -0.2) is 19.2 Å². The van der Waals surface area contributed by atoms with Gasteiger partial charge < -0.3 is 43.7 Å². The van der Waals surface area contributed by atoms with Crippen molar-refractivity contribution < 1.29 is 42.7 Å². The lowest BCUT2D eigenvalue weighted by molar-refractivity contribution is -0.161. The van der Waals surface area contributed by atoms with Crippen LogP contribution in [0.2, 0.25) is 0 Å². The molecule has 0 radical (unpaired) electrons. The Labute approximate surface area is 366 Å². The zero-order valence-electron chi connectivity index (χ0n) is 36.4. The first-order valence-corrected chi connectivity index (χ1v) is 22.7. The molecule has 17 heteroatoms. The highest BCUT2D eigenvalue weighted by Gasteiger charge is 2.38. The van der Waals surface area contributed by atoms with E-state index in [1.807, 2.05) is 42.2 Å². The number of para-hydroxylation sites is 1. The van der Waals surface area contributed by atoms with Gasteiger partial charge in [0.05, 0.1) is 12.1 Å². The van der Waals surface area contributed by atoms with Crippen LogP contribution in [0.3, 0.4) is 0 Å². The Kier molecular flexibility index (Phi) is 13.4. The van der Waals surface area contributed by atoms with Crippen molar-refractivity contribution in [1.29, 1.82) is 0 Å². The van der Waals surface area contributed by atoms with Gasteiger partial charge in [-0.1, -0.05) is 24.3 Å². The van der Waals surface area contributed by atoms with Crippen molar-refractivity contribution in [3.05, 3.63) is 63.6 Å². The lowest BCUT2D eigenvalue weighted by atomic mass is 9.78. The van der Waals surface area contributed by atoms with Gasteiger partial charge in [-0.3, -0.25) is 19.0 Å². The maximum absolute atomic E-state index is 14.4. The Hall–Kier alpha value is -5.87. The van der Waals surface area contributed by atoms with E-state index in [-0.39, 0.29) is 36.9 Å². The van der Waals surface area contributed by atoms with E-state index in [4.69, 9.17) is 13.9 Å². The number of likely N-dealkylation sites (tertiary alicyclic amines) is 4. The standard InChI is InChI=1S/C46H59N7O10/c1-30-27-31(28-37-40(30)48(2)45(59)62-37)29-38(63-46(60)52-23-15-35(16-24-52)53-25-14-34-7-3-4-8-36(34)47-44(53)58)41(55)50-19-10-32(11-20-50)33-12-21-51(22-13-33)42(56)43(57)61-26-6-18-49-17-5-9-39(49)54/h3-4,7-8,27-28,32-33,35,38H,5-6,9-26,29H2,1-2H3,(H,47,58)/t38-/m1/s1. The third kappa shape index (κ3) is 9.86. The van der Waals surface area contributed by atoms with E-state index in [1.165, 1.54) is 4.57 Å². The van der Waals surface area contributed by atoms with Crippen LogP contribution in [0.1, 0.15) is 74.5 Å². The molecule has 8 rings (SSSR count). The Morgan fingerprint density at radius 3 is 2.21 bits per heavy atom. The zero-order valence-corrected chi connectivity index (χ0v) is 36.4. The van der Waals surface area contributed by atoms with Crippen molar-refractivity contribution >= 4 is 52.6 Å². The summed E-state index contributed by atoms with van der Waals surface area (Å²) in [7, 11) is 1.64. The second kappa shape index (κ2) is 19.3. The average Bonchev–Trinajstić information content (AvgIpc) is 3.78. The highest BCUT2D eigenvalue weighted by atomic mass is 16.6. The van der Waals surface area contributed by atoms with Crippen LogP contribution in [-0.4, -0.2) is 143 Å². The van der Waals surface area contributed by atoms with Crippen LogP contribution in [-0.2, 0) is 48.5 Å². The summed E-state index contributed by atoms with van der Waals surface area (Å²) < 4.78 is 18.3. The number of nitrogens with zero attached hydrogens (tertiary/aromatic N) is 6. The molecule has 4 saturated heterocycles. The summed E-state index contributed by atoms with van der Waals surface area (Å²) in [5.74, 6) is -1.47. The molecule has 0 unspecified atom stereocenters. The van der Waals surface area contributed by atoms with Gasteiger partial charge >= 0.3 is 29.8 Å². The first-order chi connectivity index (χ1) is 30.4. The number of aromatic nitrogens is 1. The molecule has 2 aromatic carbocycles. The Balaban J connectivity index is 0.848. The normalized spacial score (nSPS) is 19.8. The monoisotopic (exact) mass is 869 g/mol. The summed E-state index contributed by atoms with van der Waals surface area (Å²) in [5.41, 5.74) is 4.47. The lowest BCUT2D eigenvalue weighted by Crippen LogP contribution is -2.52. The predicted molar refractivity (Wildman–Crippen MR) is 231 cm³/mol. The number of amides is 6. The number of hydrogen-bond acceptors (Lipinski definition) is 10. The predicted octanol–water partition coefficient (Wildman–Crippen LogP) is 4.08. The van der Waals surface area contributed by atoms with E-state index in [0.29, 0.717) is 107 Å². The molecule has 6 heterocycles. The smallest absolute Gasteiger partial charge is 0.419 e. The number of ether oxygens (including phenoxy) is 2. The average molecular weight is 870 g/mol. The number of rotatable bonds is 10. The summed E-state index contributed by atoms with van der Waals surface area (Å²) in [6.07, 6.45) is 5.20. The highest BCUT2D eigenvalue weighted by Crippen LogP contribution is 2.34. The van der Waals surface area contributed by atoms with Crippen LogP contribution in [0, 0.1) is 18.8 Å². The number of anilines is 1. The molecule has 1 aromatic heterocycles. The number of nitrogens with one attached hydrogen (secondary N) is 1. The van der Waals surface area contributed by atoms with Gasteiger partial charge in [0.25, 0.3) is 5.91 Å². The van der Waals surface area contributed by atoms with E-state index >= 15 is 0 Å². The van der Waals surface area contributed by atoms with Gasteiger partial charge in [0, 0.05) is 90.5 Å². The number of esters is 1. The minimum Gasteiger partial charge on any atom is -0.458 e. The lowest BCUT2D eigenvalue weighted by Gasteiger charge is -2.41. The molecule has 63 heavy (non-hydrogen) atoms. The maximum Gasteiger partial charge on any atom is 0.419 e. The maximum atomic E-state index is 14.4. The van der Waals surface area contributed by atoms with Crippen molar-refractivity contribution in [1.82, 2.24) is 29.1 Å². The minimum atomic E-state index is -1.12. The van der Waals surface area contributed by atoms with Crippen molar-refractivity contribution in [2.45, 2.75) is 89.7 Å². The van der Waals surface area contributed by atoms with Gasteiger partial charge in [0.1, 0.15) is 0 Å². The van der Waals surface area contributed by atoms with Crippen LogP contribution in [0.15, 0.2) is 45.6 Å². The molecule has 1 N–H and O–H groups in total. The molecule has 5 aliphatic rings. The van der Waals surface area contributed by atoms with Crippen molar-refractivity contribution in [3.63, 3.8) is 0 Å². The van der Waals surface area contributed by atoms with Gasteiger partial charge in [-0.15, -0.1) is 0 Å². The molecular weight excluding hydrogens is 811 g/mol. The number of piperidine rings is 3. The fourth-order valence-corrected chi connectivity index (χ4v) is 10.3. The van der Waals surface area contributed by atoms with E-state index in [1.54, 1.807) is 32.7 Å². The fourth-order valence-electron chi connectivity index (χ4n) is 10.3. The summed E-state index contributed by atoms with van der Waals surface area (Å²) in [6.45, 7) is 6.44. The van der Waals surface area contributed by atoms with Gasteiger partial charge in [0.2, 0.25) is 5.91 Å². The molecule has 0 aliphatic carbocycles. The van der Waals surface area contributed by atoms with Gasteiger partial charge in [-0.05, 0) is 105 Å². The van der Waals surface area contributed by atoms with Crippen molar-refractivity contribution in [2.75, 3.05) is 70.8 Å². The molecule has 3 aromatic rings. The fraction of sp³-hybridized carbons (Fsp3) is 0.587. The van der Waals surface area contributed by atoms with Gasteiger partial charge in [-0.2, -0.15) is 0 Å². The quantitative estimate of drug-likeness (QED) is 0.177. The molecule has 5 aliphatic heterocycles. The first-order valence-electron chi connectivity index (χ1n) is 22.7. The molecule has 0 bridgehead atoms. The number of benzene rings is 2. The van der Waals surface area contributed by atoms with Gasteiger partial charge in [0.15, 0.2) is 11.7 Å². The van der Waals surface area contributed by atoms with E-state index < -0.39 is 29.8 Å². The molecule has 4 fully saturated rings. The van der Waals surface area contributed by atoms with Crippen LogP contribution >= 0.6 is 0 Å². The Morgan fingerprint density at radius 2 is 1.51 bits per heavy atom. The first kappa shape index (κ1) is 43.8. The Morgan fingerprint density at radius 1 is 0.825 bits per heavy atom. The minimum absolute atomic E-state index is 0.0456. The second-order valence-corrected chi connectivity index (χ2v) is 17.8. The molecule has 17 nitrogen and oxygen atoms in total. The van der Waals surface area contributed by atoms with E-state index in [0.717, 1.165) is 61.9 Å². The number of aryl methyl sites for hydroxylation is 2. The number of carbonyl (C=O) groups excluding carboxylic acids is 6. The molecule has 6 amide bonds. The summed E-state index contributed by atoms with van der Waals surface area (Å²) in [6, 6.07) is 11.2. The van der Waals surface area contributed by atoms with Crippen LogP contribution in [0.4, 0.5) is 15.3 Å². The second-order valence-electron chi connectivity index (χ2n) is 17.8. The zero-order chi connectivity index (χ0) is 44.2. The molecular formula is C46H59N7O10. The SMILES string of the molecule is Cc1cc(C[C@@H](OC(=O)N2CCC(N3CCc4ccccc4NC3=O)CC2)C(=O)N2CCC(C3CCN(C(=O)C(=O)OCCCN4CCCC4=O)CC3)CC2)cc2oc(=O)n(C)c12. The van der Waals surface area contributed by atoms with E-state index in [9.17, 15) is 33.6 Å². The van der Waals surface area contributed by atoms with Crippen molar-refractivity contribution in [2.24, 2.45) is 18.9 Å². The van der Waals surface area contributed by atoms with Crippen LogP contribution in [0.5, 0.6) is 0 Å². The van der Waals surface area contributed by atoms with Crippen LogP contribution < -0.4 is 11.1 Å². The van der Waals surface area contributed by atoms with E-state index in [2.05, 4.69) is 5.32 Å². The summed E-state index contributed by atoms with van der Waals surface area (Å²) in [4.78, 5) is 99.6. The molecule has 338 valence electrons. The van der Waals surface area contributed by atoms with Crippen molar-refractivity contribution in [3.8, 4) is 0 Å². The largest absolute Gasteiger partial charge is 0.458 e. The Bertz CT molecular complexity index is 2270. The third-order valence-corrected chi connectivity index (χ3v) is 13.9. The van der Waals surface area contributed by atoms with Crippen LogP contribution in [0.25, 0.3) is 11.1 Å². The molecule has 1 atom stereocenters. The third-order valence-electron chi connectivity index (χ3n) is 13.9. The number of hydrogen-bond donors (Lipinski definition) is 1. The number of fused-ring (bicyclic) bond motifs is 2. The number of oxazole rings is 1.